The predicted octanol–water partition coefficient (Wildman–Crippen LogP) is 6.24. The van der Waals surface area contributed by atoms with Gasteiger partial charge in [0, 0.05) is 29.1 Å². The van der Waals surface area contributed by atoms with Crippen molar-refractivity contribution in [3.63, 3.8) is 0 Å². The van der Waals surface area contributed by atoms with Crippen molar-refractivity contribution in [1.29, 1.82) is 0 Å². The molecule has 0 saturated carbocycles. The molecule has 3 rings (SSSR count). The molecule has 0 bridgehead atoms. The van der Waals surface area contributed by atoms with Gasteiger partial charge in [-0.15, -0.1) is 0 Å². The fourth-order valence-corrected chi connectivity index (χ4v) is 4.23. The Morgan fingerprint density at radius 3 is 2.42 bits per heavy atom. The van der Waals surface area contributed by atoms with E-state index < -0.39 is 6.04 Å². The Morgan fingerprint density at radius 1 is 1.00 bits per heavy atom. The van der Waals surface area contributed by atoms with Gasteiger partial charge in [-0.05, 0) is 61.2 Å². The maximum Gasteiger partial charge on any atom is 0.261 e. The highest BCUT2D eigenvalue weighted by atomic mass is 35.5. The highest BCUT2D eigenvalue weighted by Crippen LogP contribution is 2.24. The van der Waals surface area contributed by atoms with Crippen molar-refractivity contribution in [2.24, 2.45) is 0 Å². The van der Waals surface area contributed by atoms with E-state index in [2.05, 4.69) is 5.32 Å². The van der Waals surface area contributed by atoms with Crippen molar-refractivity contribution in [3.05, 3.63) is 99.5 Å². The maximum absolute atomic E-state index is 13.6. The Labute approximate surface area is 223 Å². The van der Waals surface area contributed by atoms with Crippen molar-refractivity contribution < 1.29 is 14.3 Å². The molecular formula is C29H32Cl2N2O3. The van der Waals surface area contributed by atoms with Crippen molar-refractivity contribution in [3.8, 4) is 5.75 Å². The van der Waals surface area contributed by atoms with Gasteiger partial charge in [-0.25, -0.2) is 0 Å². The summed E-state index contributed by atoms with van der Waals surface area (Å²) < 4.78 is 5.82. The number of carbonyl (C=O) groups is 2. The van der Waals surface area contributed by atoms with Gasteiger partial charge in [-0.2, -0.15) is 0 Å². The first kappa shape index (κ1) is 27.6. The summed E-state index contributed by atoms with van der Waals surface area (Å²) in [6.45, 7) is 5.83. The molecule has 0 saturated heterocycles. The number of aryl methyl sites for hydroxylation is 1. The largest absolute Gasteiger partial charge is 0.484 e. The molecule has 0 spiro atoms. The van der Waals surface area contributed by atoms with Crippen LogP contribution >= 0.6 is 23.2 Å². The molecule has 0 aliphatic heterocycles. The van der Waals surface area contributed by atoms with E-state index in [9.17, 15) is 9.59 Å². The van der Waals surface area contributed by atoms with E-state index in [0.29, 0.717) is 27.8 Å². The van der Waals surface area contributed by atoms with Crippen molar-refractivity contribution in [1.82, 2.24) is 10.2 Å². The number of hydrogen-bond donors (Lipinski definition) is 1. The summed E-state index contributed by atoms with van der Waals surface area (Å²) in [7, 11) is 0. The Hall–Kier alpha value is -3.02. The molecule has 190 valence electrons. The summed E-state index contributed by atoms with van der Waals surface area (Å²) in [5.41, 5.74) is 2.67. The highest BCUT2D eigenvalue weighted by molar-refractivity contribution is 6.35. The third-order valence-electron chi connectivity index (χ3n) is 5.98. The number of ether oxygens (including phenoxy) is 1. The monoisotopic (exact) mass is 526 g/mol. The predicted molar refractivity (Wildman–Crippen MR) is 146 cm³/mol. The number of carbonyl (C=O) groups excluding carboxylic acids is 2. The summed E-state index contributed by atoms with van der Waals surface area (Å²) in [6.07, 6.45) is 1.13. The lowest BCUT2D eigenvalue weighted by Gasteiger charge is -2.32. The lowest BCUT2D eigenvalue weighted by atomic mass is 10.0. The molecule has 3 aromatic carbocycles. The standard InChI is InChI=1S/C29H32Cl2N2O3/c1-4-21(3)32-29(35)27(16-22-10-6-5-7-11-22)33(18-23-13-14-24(30)17-26(23)31)28(34)19-36-25-12-8-9-20(2)15-25/h5-15,17,21,27H,4,16,18-19H2,1-3H3,(H,32,35)/t21-,27+/m0/s1. The number of amides is 2. The molecule has 0 aliphatic rings. The van der Waals surface area contributed by atoms with E-state index in [4.69, 9.17) is 27.9 Å². The van der Waals surface area contributed by atoms with E-state index in [0.717, 1.165) is 17.5 Å². The van der Waals surface area contributed by atoms with Crippen LogP contribution in [0.25, 0.3) is 0 Å². The van der Waals surface area contributed by atoms with Gasteiger partial charge in [0.05, 0.1) is 0 Å². The second kappa shape index (κ2) is 13.3. The van der Waals surface area contributed by atoms with Gasteiger partial charge in [0.2, 0.25) is 5.91 Å². The van der Waals surface area contributed by atoms with Crippen LogP contribution in [0.4, 0.5) is 0 Å². The van der Waals surface area contributed by atoms with Crippen LogP contribution in [0.1, 0.15) is 37.0 Å². The Kier molecular flexibility index (Phi) is 10.2. The first-order valence-electron chi connectivity index (χ1n) is 12.0. The van der Waals surface area contributed by atoms with Gasteiger partial charge in [0.1, 0.15) is 11.8 Å². The fourth-order valence-electron chi connectivity index (χ4n) is 3.76. The zero-order valence-corrected chi connectivity index (χ0v) is 22.4. The first-order chi connectivity index (χ1) is 17.3. The lowest BCUT2D eigenvalue weighted by Crippen LogP contribution is -2.53. The molecule has 0 unspecified atom stereocenters. The van der Waals surface area contributed by atoms with Gasteiger partial charge < -0.3 is 15.0 Å². The Morgan fingerprint density at radius 2 is 1.75 bits per heavy atom. The third kappa shape index (κ3) is 8.00. The van der Waals surface area contributed by atoms with E-state index in [1.165, 1.54) is 0 Å². The average Bonchev–Trinajstić information content (AvgIpc) is 2.86. The number of benzene rings is 3. The van der Waals surface area contributed by atoms with Crippen LogP contribution in [0.3, 0.4) is 0 Å². The van der Waals surface area contributed by atoms with E-state index in [1.807, 2.05) is 69.3 Å². The van der Waals surface area contributed by atoms with E-state index >= 15 is 0 Å². The summed E-state index contributed by atoms with van der Waals surface area (Å²) >= 11 is 12.6. The molecule has 0 fully saturated rings. The lowest BCUT2D eigenvalue weighted by molar-refractivity contribution is -0.143. The van der Waals surface area contributed by atoms with Crippen LogP contribution in [0.5, 0.6) is 5.75 Å². The van der Waals surface area contributed by atoms with Crippen molar-refractivity contribution >= 4 is 35.0 Å². The van der Waals surface area contributed by atoms with E-state index in [-0.39, 0.29) is 31.0 Å². The minimum atomic E-state index is -0.762. The summed E-state index contributed by atoms with van der Waals surface area (Å²) in [5.74, 6) is 0.0569. The van der Waals surface area contributed by atoms with Gasteiger partial charge in [0.25, 0.3) is 5.91 Å². The smallest absolute Gasteiger partial charge is 0.261 e. The van der Waals surface area contributed by atoms with Crippen molar-refractivity contribution in [2.75, 3.05) is 6.61 Å². The average molecular weight is 527 g/mol. The zero-order valence-electron chi connectivity index (χ0n) is 20.8. The molecule has 36 heavy (non-hydrogen) atoms. The molecule has 0 aromatic heterocycles. The van der Waals surface area contributed by atoms with Gasteiger partial charge in [-0.3, -0.25) is 9.59 Å². The number of nitrogens with one attached hydrogen (secondary N) is 1. The van der Waals surface area contributed by atoms with Crippen LogP contribution in [-0.4, -0.2) is 35.4 Å². The normalized spacial score (nSPS) is 12.5. The molecule has 5 nitrogen and oxygen atoms in total. The van der Waals surface area contributed by atoms with Crippen LogP contribution in [-0.2, 0) is 22.6 Å². The summed E-state index contributed by atoms with van der Waals surface area (Å²) in [4.78, 5) is 28.7. The fraction of sp³-hybridized carbons (Fsp3) is 0.310. The minimum Gasteiger partial charge on any atom is -0.484 e. The summed E-state index contributed by atoms with van der Waals surface area (Å²) in [6, 6.07) is 21.5. The minimum absolute atomic E-state index is 0.0320. The number of halogens is 2. The first-order valence-corrected chi connectivity index (χ1v) is 12.8. The van der Waals surface area contributed by atoms with Crippen LogP contribution in [0.2, 0.25) is 10.0 Å². The quantitative estimate of drug-likeness (QED) is 0.322. The third-order valence-corrected chi connectivity index (χ3v) is 6.57. The van der Waals surface area contributed by atoms with Gasteiger partial charge in [-0.1, -0.05) is 78.7 Å². The Bertz CT molecular complexity index is 1170. The molecule has 7 heteroatoms. The molecule has 1 N–H and O–H groups in total. The van der Waals surface area contributed by atoms with Crippen LogP contribution in [0.15, 0.2) is 72.8 Å². The second-order valence-corrected chi connectivity index (χ2v) is 9.73. The molecular weight excluding hydrogens is 495 g/mol. The maximum atomic E-state index is 13.6. The molecule has 2 amide bonds. The van der Waals surface area contributed by atoms with Crippen molar-refractivity contribution in [2.45, 2.75) is 52.2 Å². The topological polar surface area (TPSA) is 58.6 Å². The zero-order chi connectivity index (χ0) is 26.1. The molecule has 0 aliphatic carbocycles. The molecule has 3 aromatic rings. The highest BCUT2D eigenvalue weighted by Gasteiger charge is 2.31. The number of nitrogens with zero attached hydrogens (tertiary/aromatic N) is 1. The molecule has 2 atom stereocenters. The molecule has 0 radical (unpaired) electrons. The van der Waals surface area contributed by atoms with E-state index in [1.54, 1.807) is 29.2 Å². The molecule has 0 heterocycles. The number of hydrogen-bond acceptors (Lipinski definition) is 3. The second-order valence-electron chi connectivity index (χ2n) is 8.89. The number of rotatable bonds is 11. The van der Waals surface area contributed by atoms with Crippen LogP contribution < -0.4 is 10.1 Å². The van der Waals surface area contributed by atoms with Gasteiger partial charge in [0.15, 0.2) is 6.61 Å². The van der Waals surface area contributed by atoms with Crippen LogP contribution in [0, 0.1) is 6.92 Å². The SMILES string of the molecule is CC[C@H](C)NC(=O)[C@@H](Cc1ccccc1)N(Cc1ccc(Cl)cc1Cl)C(=O)COc1cccc(C)c1. The van der Waals surface area contributed by atoms with Gasteiger partial charge >= 0.3 is 0 Å². The Balaban J connectivity index is 1.94. The summed E-state index contributed by atoms with van der Waals surface area (Å²) in [5, 5.41) is 3.98.